The Labute approximate surface area is 106 Å². The average molecular weight is 246 g/mol. The maximum atomic E-state index is 11.8. The van der Waals surface area contributed by atoms with E-state index in [1.165, 1.54) is 19.3 Å². The summed E-state index contributed by atoms with van der Waals surface area (Å²) >= 11 is 0. The third-order valence-corrected chi connectivity index (χ3v) is 3.81. The molecule has 0 spiro atoms. The number of nitrogens with one attached hydrogen (secondary N) is 2. The van der Waals surface area contributed by atoms with E-state index in [1.807, 2.05) is 0 Å². The first kappa shape index (κ1) is 11.4. The highest BCUT2D eigenvalue weighted by atomic mass is 16.1. The van der Waals surface area contributed by atoms with Crippen molar-refractivity contribution in [2.24, 2.45) is 5.92 Å². The van der Waals surface area contributed by atoms with Gasteiger partial charge in [0.15, 0.2) is 0 Å². The summed E-state index contributed by atoms with van der Waals surface area (Å²) in [6.45, 7) is 0. The third kappa shape index (κ3) is 2.44. The minimum atomic E-state index is 0.00529. The number of hydrogen-bond acceptors (Lipinski definition) is 3. The fraction of sp³-hybridized carbons (Fsp3) is 0.615. The molecule has 0 bridgehead atoms. The summed E-state index contributed by atoms with van der Waals surface area (Å²) in [4.78, 5) is 16.1. The van der Waals surface area contributed by atoms with Crippen LogP contribution in [0.15, 0.2) is 12.2 Å². The van der Waals surface area contributed by atoms with Gasteiger partial charge in [0.2, 0.25) is 11.9 Å². The fourth-order valence-corrected chi connectivity index (χ4v) is 2.47. The van der Waals surface area contributed by atoms with E-state index in [4.69, 9.17) is 0 Å². The summed E-state index contributed by atoms with van der Waals surface area (Å²) in [5.74, 6) is 2.24. The van der Waals surface area contributed by atoms with Crippen LogP contribution in [0.4, 0.5) is 5.95 Å². The number of carbonyl (C=O) groups excluding carboxylic acids is 1. The SMILES string of the molecule is O=C(CC1C=CCC1)Nc1n[nH]c(C2CCC2)n1. The predicted molar refractivity (Wildman–Crippen MR) is 68.1 cm³/mol. The molecule has 18 heavy (non-hydrogen) atoms. The van der Waals surface area contributed by atoms with Crippen molar-refractivity contribution in [3.05, 3.63) is 18.0 Å². The molecule has 96 valence electrons. The average Bonchev–Trinajstić information content (AvgIpc) is 2.88. The number of carbonyl (C=O) groups is 1. The number of aromatic nitrogens is 3. The number of allylic oxidation sites excluding steroid dienone is 2. The van der Waals surface area contributed by atoms with Crippen LogP contribution < -0.4 is 5.32 Å². The Hall–Kier alpha value is -1.65. The van der Waals surface area contributed by atoms with Crippen LogP contribution in [0.3, 0.4) is 0 Å². The van der Waals surface area contributed by atoms with Gasteiger partial charge in [-0.1, -0.05) is 18.6 Å². The molecule has 5 heteroatoms. The van der Waals surface area contributed by atoms with E-state index in [2.05, 4.69) is 32.7 Å². The molecule has 1 aromatic heterocycles. The normalized spacial score (nSPS) is 23.0. The van der Waals surface area contributed by atoms with E-state index < -0.39 is 0 Å². The highest BCUT2D eigenvalue weighted by Crippen LogP contribution is 2.34. The summed E-state index contributed by atoms with van der Waals surface area (Å²) in [5, 5.41) is 9.73. The molecule has 0 aliphatic heterocycles. The van der Waals surface area contributed by atoms with Gasteiger partial charge in [0.1, 0.15) is 5.82 Å². The number of H-pyrrole nitrogens is 1. The smallest absolute Gasteiger partial charge is 0.248 e. The molecule has 1 amide bonds. The molecule has 1 saturated carbocycles. The standard InChI is InChI=1S/C13H18N4O/c18-11(8-9-4-1-2-5-9)14-13-15-12(16-17-13)10-6-3-7-10/h1,4,9-10H,2-3,5-8H2,(H2,14,15,16,17,18). The Morgan fingerprint density at radius 3 is 3.00 bits per heavy atom. The molecular weight excluding hydrogens is 228 g/mol. The van der Waals surface area contributed by atoms with E-state index in [0.29, 0.717) is 24.2 Å². The molecule has 1 unspecified atom stereocenters. The minimum Gasteiger partial charge on any atom is -0.293 e. The van der Waals surface area contributed by atoms with Gasteiger partial charge in [-0.2, -0.15) is 4.98 Å². The highest BCUT2D eigenvalue weighted by Gasteiger charge is 2.23. The summed E-state index contributed by atoms with van der Waals surface area (Å²) < 4.78 is 0. The molecule has 2 N–H and O–H groups in total. The molecule has 2 aliphatic carbocycles. The quantitative estimate of drug-likeness (QED) is 0.801. The number of amides is 1. The Balaban J connectivity index is 1.53. The van der Waals surface area contributed by atoms with Gasteiger partial charge in [-0.3, -0.25) is 15.2 Å². The molecule has 0 aromatic carbocycles. The van der Waals surface area contributed by atoms with Gasteiger partial charge >= 0.3 is 0 Å². The lowest BCUT2D eigenvalue weighted by Crippen LogP contribution is -2.16. The van der Waals surface area contributed by atoms with Crippen molar-refractivity contribution in [3.63, 3.8) is 0 Å². The van der Waals surface area contributed by atoms with Gasteiger partial charge in [-0.15, -0.1) is 5.10 Å². The third-order valence-electron chi connectivity index (χ3n) is 3.81. The lowest BCUT2D eigenvalue weighted by molar-refractivity contribution is -0.116. The van der Waals surface area contributed by atoms with Crippen LogP contribution in [-0.4, -0.2) is 21.1 Å². The maximum Gasteiger partial charge on any atom is 0.248 e. The molecule has 1 atom stereocenters. The maximum absolute atomic E-state index is 11.8. The number of rotatable bonds is 4. The molecule has 2 aliphatic rings. The van der Waals surface area contributed by atoms with Crippen molar-refractivity contribution in [1.29, 1.82) is 0 Å². The number of aromatic amines is 1. The zero-order chi connectivity index (χ0) is 12.4. The van der Waals surface area contributed by atoms with Crippen LogP contribution in [0.1, 0.15) is 50.3 Å². The number of nitrogens with zero attached hydrogens (tertiary/aromatic N) is 2. The largest absolute Gasteiger partial charge is 0.293 e. The fourth-order valence-electron chi connectivity index (χ4n) is 2.47. The summed E-state index contributed by atoms with van der Waals surface area (Å²) in [6, 6.07) is 0. The van der Waals surface area contributed by atoms with E-state index >= 15 is 0 Å². The predicted octanol–water partition coefficient (Wildman–Crippen LogP) is 2.37. The summed E-state index contributed by atoms with van der Waals surface area (Å²) in [6.07, 6.45) is 10.6. The van der Waals surface area contributed by atoms with Gasteiger partial charge in [-0.25, -0.2) is 0 Å². The first-order valence-corrected chi connectivity index (χ1v) is 6.70. The second kappa shape index (κ2) is 4.92. The molecule has 1 heterocycles. The van der Waals surface area contributed by atoms with Crippen LogP contribution in [0, 0.1) is 5.92 Å². The van der Waals surface area contributed by atoms with Crippen LogP contribution in [0.5, 0.6) is 0 Å². The topological polar surface area (TPSA) is 70.7 Å². The monoisotopic (exact) mass is 246 g/mol. The molecule has 3 rings (SSSR count). The van der Waals surface area contributed by atoms with Gasteiger partial charge in [0.05, 0.1) is 0 Å². The Morgan fingerprint density at radius 1 is 1.44 bits per heavy atom. The first-order valence-electron chi connectivity index (χ1n) is 6.70. The summed E-state index contributed by atoms with van der Waals surface area (Å²) in [7, 11) is 0. The van der Waals surface area contributed by atoms with E-state index in [-0.39, 0.29) is 5.91 Å². The Kier molecular flexibility index (Phi) is 3.13. The first-order chi connectivity index (χ1) is 8.81. The van der Waals surface area contributed by atoms with E-state index in [0.717, 1.165) is 18.7 Å². The van der Waals surface area contributed by atoms with Crippen LogP contribution in [0.25, 0.3) is 0 Å². The molecule has 0 saturated heterocycles. The zero-order valence-electron chi connectivity index (χ0n) is 10.4. The molecule has 1 fully saturated rings. The van der Waals surface area contributed by atoms with Gasteiger partial charge in [0, 0.05) is 12.3 Å². The second-order valence-electron chi connectivity index (χ2n) is 5.19. The van der Waals surface area contributed by atoms with Crippen LogP contribution >= 0.6 is 0 Å². The van der Waals surface area contributed by atoms with Crippen molar-refractivity contribution in [2.75, 3.05) is 5.32 Å². The molecule has 1 aromatic rings. The number of hydrogen-bond donors (Lipinski definition) is 2. The van der Waals surface area contributed by atoms with Crippen molar-refractivity contribution >= 4 is 11.9 Å². The van der Waals surface area contributed by atoms with E-state index in [1.54, 1.807) is 0 Å². The molecule has 5 nitrogen and oxygen atoms in total. The van der Waals surface area contributed by atoms with Crippen molar-refractivity contribution in [2.45, 2.75) is 44.4 Å². The Morgan fingerprint density at radius 2 is 2.33 bits per heavy atom. The summed E-state index contributed by atoms with van der Waals surface area (Å²) in [5.41, 5.74) is 0. The van der Waals surface area contributed by atoms with Crippen molar-refractivity contribution in [3.8, 4) is 0 Å². The van der Waals surface area contributed by atoms with Gasteiger partial charge < -0.3 is 0 Å². The number of anilines is 1. The second-order valence-corrected chi connectivity index (χ2v) is 5.19. The Bertz CT molecular complexity index is 461. The zero-order valence-corrected chi connectivity index (χ0v) is 10.4. The lowest BCUT2D eigenvalue weighted by Gasteiger charge is -2.22. The van der Waals surface area contributed by atoms with Crippen LogP contribution in [0.2, 0.25) is 0 Å². The van der Waals surface area contributed by atoms with Gasteiger partial charge in [0.25, 0.3) is 0 Å². The van der Waals surface area contributed by atoms with Crippen molar-refractivity contribution in [1.82, 2.24) is 15.2 Å². The highest BCUT2D eigenvalue weighted by molar-refractivity contribution is 5.89. The minimum absolute atomic E-state index is 0.00529. The van der Waals surface area contributed by atoms with E-state index in [9.17, 15) is 4.79 Å². The van der Waals surface area contributed by atoms with Crippen LogP contribution in [-0.2, 0) is 4.79 Å². The van der Waals surface area contributed by atoms with Crippen molar-refractivity contribution < 1.29 is 4.79 Å². The molecule has 0 radical (unpaired) electrons. The molecular formula is C13H18N4O. The van der Waals surface area contributed by atoms with Gasteiger partial charge in [-0.05, 0) is 31.6 Å². The lowest BCUT2D eigenvalue weighted by atomic mass is 9.85.